The third-order valence-corrected chi connectivity index (χ3v) is 4.34. The Balaban J connectivity index is 1.86. The van der Waals surface area contributed by atoms with Crippen LogP contribution in [-0.4, -0.2) is 36.6 Å². The molecule has 0 fully saturated rings. The standard InChI is InChI=1S/C17H16F3N3O2S/c1-24-14-8-3-11-9-23(16(26-2)22-15(11)21-14)12-4-6-13(7-5-12)25-10-17(18,19)20/h3-9,16H,10H2,1-2H3. The molecule has 0 spiro atoms. The maximum absolute atomic E-state index is 12.2. The van der Waals surface area contributed by atoms with Gasteiger partial charge >= 0.3 is 6.18 Å². The van der Waals surface area contributed by atoms with Crippen LogP contribution in [0.5, 0.6) is 11.6 Å². The second-order valence-corrected chi connectivity index (χ2v) is 6.28. The van der Waals surface area contributed by atoms with Crippen LogP contribution in [-0.2, 0) is 0 Å². The minimum Gasteiger partial charge on any atom is -0.484 e. The van der Waals surface area contributed by atoms with Crippen LogP contribution in [0.2, 0.25) is 0 Å². The molecule has 9 heteroatoms. The lowest BCUT2D eigenvalue weighted by molar-refractivity contribution is -0.153. The second-order valence-electron chi connectivity index (χ2n) is 5.39. The zero-order chi connectivity index (χ0) is 18.7. The van der Waals surface area contributed by atoms with Gasteiger partial charge in [0.1, 0.15) is 5.75 Å². The van der Waals surface area contributed by atoms with Crippen molar-refractivity contribution in [2.24, 2.45) is 4.99 Å². The van der Waals surface area contributed by atoms with Gasteiger partial charge in [0.25, 0.3) is 0 Å². The Morgan fingerprint density at radius 3 is 2.50 bits per heavy atom. The van der Waals surface area contributed by atoms with Gasteiger partial charge in [-0.2, -0.15) is 18.2 Å². The summed E-state index contributed by atoms with van der Waals surface area (Å²) < 4.78 is 46.6. The molecule has 1 aromatic heterocycles. The van der Waals surface area contributed by atoms with E-state index in [4.69, 9.17) is 9.47 Å². The largest absolute Gasteiger partial charge is 0.484 e. The third kappa shape index (κ3) is 4.21. The van der Waals surface area contributed by atoms with Gasteiger partial charge in [0.2, 0.25) is 5.88 Å². The number of ether oxygens (including phenoxy) is 2. The Labute approximate surface area is 152 Å². The van der Waals surface area contributed by atoms with Gasteiger partial charge in [0, 0.05) is 23.2 Å². The van der Waals surface area contributed by atoms with Crippen molar-refractivity contribution in [1.82, 2.24) is 4.98 Å². The van der Waals surface area contributed by atoms with E-state index in [1.165, 1.54) is 23.9 Å². The molecule has 0 amide bonds. The summed E-state index contributed by atoms with van der Waals surface area (Å²) in [5.74, 6) is 0.646. The predicted molar refractivity (Wildman–Crippen MR) is 93.8 cm³/mol. The molecule has 0 N–H and O–H groups in total. The van der Waals surface area contributed by atoms with Gasteiger partial charge in [0.15, 0.2) is 17.6 Å². The molecule has 0 saturated heterocycles. The first-order valence-corrected chi connectivity index (χ1v) is 8.90. The SMILES string of the molecule is COc1ccc2c(n1)=NC(SC)N(c1ccc(OCC(F)(F)F)cc1)C=2. The number of halogens is 3. The monoisotopic (exact) mass is 383 g/mol. The Hall–Kier alpha value is -2.42. The van der Waals surface area contributed by atoms with E-state index in [9.17, 15) is 13.2 Å². The average molecular weight is 383 g/mol. The van der Waals surface area contributed by atoms with Crippen molar-refractivity contribution in [3.05, 3.63) is 47.1 Å². The lowest BCUT2D eigenvalue weighted by atomic mass is 10.2. The number of methoxy groups -OCH3 is 1. The first-order chi connectivity index (χ1) is 12.4. The molecule has 0 aliphatic carbocycles. The number of hydrogen-bond donors (Lipinski definition) is 0. The van der Waals surface area contributed by atoms with Gasteiger partial charge in [-0.15, -0.1) is 11.8 Å². The molecule has 2 aromatic rings. The zero-order valence-electron chi connectivity index (χ0n) is 14.0. The lowest BCUT2D eigenvalue weighted by Crippen LogP contribution is -2.42. The summed E-state index contributed by atoms with van der Waals surface area (Å²) in [4.78, 5) is 10.9. The summed E-state index contributed by atoms with van der Waals surface area (Å²) in [6.45, 7) is -1.31. The summed E-state index contributed by atoms with van der Waals surface area (Å²) in [7, 11) is 1.54. The van der Waals surface area contributed by atoms with E-state index in [0.717, 1.165) is 10.9 Å². The van der Waals surface area contributed by atoms with Crippen molar-refractivity contribution >= 4 is 23.6 Å². The number of thioether (sulfide) groups is 1. The summed E-state index contributed by atoms with van der Waals surface area (Å²) in [6.07, 6.45) is -0.539. The molecule has 2 heterocycles. The maximum Gasteiger partial charge on any atom is 0.422 e. The zero-order valence-corrected chi connectivity index (χ0v) is 14.8. The molecule has 1 atom stereocenters. The highest BCUT2D eigenvalue weighted by Crippen LogP contribution is 2.27. The smallest absolute Gasteiger partial charge is 0.422 e. The lowest BCUT2D eigenvalue weighted by Gasteiger charge is -2.28. The van der Waals surface area contributed by atoms with Gasteiger partial charge in [-0.25, -0.2) is 4.99 Å². The topological polar surface area (TPSA) is 47.0 Å². The van der Waals surface area contributed by atoms with Crippen LogP contribution >= 0.6 is 11.8 Å². The minimum absolute atomic E-state index is 0.160. The summed E-state index contributed by atoms with van der Waals surface area (Å²) >= 11 is 1.51. The van der Waals surface area contributed by atoms with Gasteiger partial charge in [-0.05, 0) is 36.6 Å². The van der Waals surface area contributed by atoms with Crippen LogP contribution < -0.4 is 25.1 Å². The van der Waals surface area contributed by atoms with Crippen LogP contribution in [0.15, 0.2) is 41.4 Å². The molecule has 0 bridgehead atoms. The van der Waals surface area contributed by atoms with Gasteiger partial charge in [-0.1, -0.05) is 0 Å². The Kier molecular flexibility index (Phi) is 5.26. The second kappa shape index (κ2) is 7.45. The van der Waals surface area contributed by atoms with E-state index in [-0.39, 0.29) is 11.2 Å². The van der Waals surface area contributed by atoms with E-state index in [2.05, 4.69) is 9.98 Å². The molecule has 1 aliphatic heterocycles. The van der Waals surface area contributed by atoms with Crippen molar-refractivity contribution in [2.45, 2.75) is 11.7 Å². The number of pyridine rings is 1. The highest BCUT2D eigenvalue weighted by Gasteiger charge is 2.28. The molecular weight excluding hydrogens is 367 g/mol. The number of benzene rings is 1. The number of aromatic nitrogens is 1. The Morgan fingerprint density at radius 2 is 1.88 bits per heavy atom. The van der Waals surface area contributed by atoms with Crippen molar-refractivity contribution in [3.63, 3.8) is 0 Å². The molecule has 0 radical (unpaired) electrons. The number of rotatable bonds is 5. The quantitative estimate of drug-likeness (QED) is 0.794. The van der Waals surface area contributed by atoms with E-state index < -0.39 is 12.8 Å². The van der Waals surface area contributed by atoms with Crippen LogP contribution in [0.3, 0.4) is 0 Å². The maximum atomic E-state index is 12.2. The van der Waals surface area contributed by atoms with Gasteiger partial charge in [0.05, 0.1) is 7.11 Å². The van der Waals surface area contributed by atoms with Crippen LogP contribution in [0.4, 0.5) is 18.9 Å². The van der Waals surface area contributed by atoms with Crippen molar-refractivity contribution in [3.8, 4) is 11.6 Å². The fraction of sp³-hybridized carbons (Fsp3) is 0.294. The predicted octanol–water partition coefficient (Wildman–Crippen LogP) is 2.56. The van der Waals surface area contributed by atoms with Crippen LogP contribution in [0.1, 0.15) is 0 Å². The highest BCUT2D eigenvalue weighted by molar-refractivity contribution is 7.99. The number of alkyl halides is 3. The molecule has 138 valence electrons. The summed E-state index contributed by atoms with van der Waals surface area (Å²) in [5, 5.41) is 0.827. The Morgan fingerprint density at radius 1 is 1.15 bits per heavy atom. The molecule has 26 heavy (non-hydrogen) atoms. The summed E-state index contributed by atoms with van der Waals surface area (Å²) in [5.41, 5.74) is 1.13. The average Bonchev–Trinajstić information content (AvgIpc) is 2.64. The molecule has 3 rings (SSSR count). The Bertz CT molecular complexity index is 888. The molecular formula is C17H16F3N3O2S. The van der Waals surface area contributed by atoms with Gasteiger partial charge in [-0.3, -0.25) is 0 Å². The molecule has 1 unspecified atom stereocenters. The first kappa shape index (κ1) is 18.4. The van der Waals surface area contributed by atoms with Crippen molar-refractivity contribution in [2.75, 3.05) is 24.9 Å². The fourth-order valence-corrected chi connectivity index (χ4v) is 3.00. The first-order valence-electron chi connectivity index (χ1n) is 7.61. The van der Waals surface area contributed by atoms with Crippen LogP contribution in [0, 0.1) is 0 Å². The number of anilines is 1. The molecule has 5 nitrogen and oxygen atoms in total. The molecule has 1 aromatic carbocycles. The minimum atomic E-state index is -4.36. The number of fused-ring (bicyclic) bond motifs is 1. The van der Waals surface area contributed by atoms with Crippen molar-refractivity contribution in [1.29, 1.82) is 0 Å². The van der Waals surface area contributed by atoms with E-state index >= 15 is 0 Å². The summed E-state index contributed by atoms with van der Waals surface area (Å²) in [6, 6.07) is 10.0. The van der Waals surface area contributed by atoms with E-state index in [1.54, 1.807) is 25.3 Å². The van der Waals surface area contributed by atoms with E-state index in [0.29, 0.717) is 11.4 Å². The van der Waals surface area contributed by atoms with Crippen molar-refractivity contribution < 1.29 is 22.6 Å². The normalized spacial score (nSPS) is 16.3. The molecule has 0 saturated carbocycles. The van der Waals surface area contributed by atoms with E-state index in [1.807, 2.05) is 23.4 Å². The number of hydrogen-bond acceptors (Lipinski definition) is 6. The van der Waals surface area contributed by atoms with Gasteiger partial charge < -0.3 is 14.4 Å². The third-order valence-electron chi connectivity index (χ3n) is 3.59. The molecule has 1 aliphatic rings. The number of nitrogens with zero attached hydrogens (tertiary/aromatic N) is 3. The highest BCUT2D eigenvalue weighted by atomic mass is 32.2. The fourth-order valence-electron chi connectivity index (χ4n) is 2.39. The van der Waals surface area contributed by atoms with Crippen LogP contribution in [0.25, 0.3) is 6.20 Å².